The fourth-order valence-electron chi connectivity index (χ4n) is 12.7. The maximum atomic E-state index is 17.5. The molecule has 1 heterocycles. The molecule has 42 heavy (non-hydrogen) atoms. The zero-order valence-corrected chi connectivity index (χ0v) is 27.2. The molecule has 1 saturated heterocycles. The van der Waals surface area contributed by atoms with Crippen LogP contribution >= 0.6 is 0 Å². The molecule has 2 bridgehead atoms. The molecule has 1 aliphatic heterocycles. The van der Waals surface area contributed by atoms with Crippen LogP contribution < -0.4 is 0 Å². The normalized spacial score (nSPS) is 49.4. The summed E-state index contributed by atoms with van der Waals surface area (Å²) in [4.78, 5) is 28.0. The summed E-state index contributed by atoms with van der Waals surface area (Å²) in [5.74, 6) is 0.384. The van der Waals surface area contributed by atoms with Crippen LogP contribution in [0.4, 0.5) is 4.39 Å². The van der Waals surface area contributed by atoms with E-state index in [4.69, 9.17) is 4.74 Å². The van der Waals surface area contributed by atoms with Crippen LogP contribution in [0.25, 0.3) is 6.08 Å². The van der Waals surface area contributed by atoms with Crippen molar-refractivity contribution in [3.8, 4) is 0 Å². The average Bonchev–Trinajstić information content (AvgIpc) is 3.10. The smallest absolute Gasteiger partial charge is 0.313 e. The highest BCUT2D eigenvalue weighted by Crippen LogP contribution is 2.81. The third-order valence-corrected chi connectivity index (χ3v) is 15.1. The van der Waals surface area contributed by atoms with E-state index in [-0.39, 0.29) is 45.8 Å². The molecule has 1 spiro atoms. The number of esters is 1. The van der Waals surface area contributed by atoms with Gasteiger partial charge in [0.05, 0.1) is 5.41 Å². The average molecular weight is 575 g/mol. The van der Waals surface area contributed by atoms with E-state index in [2.05, 4.69) is 73.6 Å². The lowest BCUT2D eigenvalue weighted by Crippen LogP contribution is -2.75. The fourth-order valence-corrected chi connectivity index (χ4v) is 12.7. The maximum absolute atomic E-state index is 17.5. The minimum absolute atomic E-state index is 0.0563. The first-order valence-corrected chi connectivity index (χ1v) is 16.7. The monoisotopic (exact) mass is 574 g/mol. The van der Waals surface area contributed by atoms with E-state index in [1.807, 2.05) is 12.1 Å². The molecule has 3 nitrogen and oxygen atoms in total. The lowest BCUT2D eigenvalue weighted by molar-refractivity contribution is -0.299. The number of hydrogen-bond acceptors (Lipinski definition) is 3. The van der Waals surface area contributed by atoms with E-state index >= 15 is 4.39 Å². The van der Waals surface area contributed by atoms with E-state index in [0.717, 1.165) is 61.6 Å². The number of carbonyl (C=O) groups is 2. The molecule has 0 unspecified atom stereocenters. The van der Waals surface area contributed by atoms with Gasteiger partial charge in [-0.2, -0.15) is 0 Å². The lowest BCUT2D eigenvalue weighted by atomic mass is 9.30. The first-order valence-electron chi connectivity index (χ1n) is 16.7. The molecule has 9 atom stereocenters. The van der Waals surface area contributed by atoms with Gasteiger partial charge in [0.2, 0.25) is 0 Å². The van der Waals surface area contributed by atoms with Crippen LogP contribution in [0.3, 0.4) is 0 Å². The first kappa shape index (κ1) is 28.8. The Bertz CT molecular complexity index is 1410. The van der Waals surface area contributed by atoms with Gasteiger partial charge in [-0.25, -0.2) is 4.39 Å². The molecule has 6 aliphatic rings. The van der Waals surface area contributed by atoms with Gasteiger partial charge >= 0.3 is 5.97 Å². The molecular formula is C38H51FO3. The van der Waals surface area contributed by atoms with E-state index in [1.54, 1.807) is 0 Å². The van der Waals surface area contributed by atoms with Crippen molar-refractivity contribution in [2.24, 2.45) is 50.2 Å². The number of benzene rings is 1. The van der Waals surface area contributed by atoms with Crippen molar-refractivity contribution in [1.82, 2.24) is 0 Å². The molecule has 6 fully saturated rings. The predicted molar refractivity (Wildman–Crippen MR) is 164 cm³/mol. The van der Waals surface area contributed by atoms with Crippen LogP contribution in [-0.2, 0) is 14.3 Å². The van der Waals surface area contributed by atoms with Crippen LogP contribution in [0.15, 0.2) is 29.8 Å². The van der Waals surface area contributed by atoms with E-state index in [1.165, 1.54) is 0 Å². The topological polar surface area (TPSA) is 43.4 Å². The number of carbonyl (C=O) groups excluding carboxylic acids is 2. The van der Waals surface area contributed by atoms with Gasteiger partial charge in [-0.1, -0.05) is 72.7 Å². The molecule has 0 aromatic heterocycles. The highest BCUT2D eigenvalue weighted by molar-refractivity contribution is 6.04. The number of rotatable bonds is 1. The van der Waals surface area contributed by atoms with E-state index in [0.29, 0.717) is 12.8 Å². The molecule has 5 saturated carbocycles. The van der Waals surface area contributed by atoms with Crippen molar-refractivity contribution in [1.29, 1.82) is 0 Å². The first-order chi connectivity index (χ1) is 19.5. The molecule has 1 aromatic carbocycles. The van der Waals surface area contributed by atoms with Crippen molar-refractivity contribution in [2.45, 2.75) is 125 Å². The highest BCUT2D eigenvalue weighted by atomic mass is 19.1. The molecule has 7 rings (SSSR count). The molecule has 228 valence electrons. The molecule has 4 heteroatoms. The minimum Gasteiger partial charge on any atom is -0.455 e. The van der Waals surface area contributed by atoms with Crippen LogP contribution in [-0.4, -0.2) is 23.5 Å². The summed E-state index contributed by atoms with van der Waals surface area (Å²) < 4.78 is 24.1. The van der Waals surface area contributed by atoms with Gasteiger partial charge < -0.3 is 4.74 Å². The van der Waals surface area contributed by atoms with Gasteiger partial charge in [0.25, 0.3) is 0 Å². The maximum Gasteiger partial charge on any atom is 0.313 e. The van der Waals surface area contributed by atoms with Crippen molar-refractivity contribution in [2.75, 3.05) is 0 Å². The Morgan fingerprint density at radius 3 is 2.29 bits per heavy atom. The number of allylic oxidation sites excluding steroid dienone is 1. The molecule has 0 N–H and O–H groups in total. The molecule has 0 radical (unpaired) electrons. The quantitative estimate of drug-likeness (QED) is 0.248. The number of ketones is 1. The van der Waals surface area contributed by atoms with E-state index in [9.17, 15) is 9.59 Å². The predicted octanol–water partition coefficient (Wildman–Crippen LogP) is 9.07. The second-order valence-electron chi connectivity index (χ2n) is 17.6. The summed E-state index contributed by atoms with van der Waals surface area (Å²) in [5, 5.41) is 0. The number of ether oxygens (including phenoxy) is 1. The number of hydrogen-bond donors (Lipinski definition) is 0. The molecule has 5 aliphatic carbocycles. The summed E-state index contributed by atoms with van der Waals surface area (Å²) in [6.07, 6.45) is 8.31. The SMILES string of the molecule is Cc1ccccc1/C=C1\C[C@]2(C)[C@H]3C[C@@H](F)[C@]45OC(=O)[C@@]6(CCC(C)(C)C[C@H]64)CC[C@@]5(C)[C@]3(C)CC[C@H]2C(C)(C)C1=O. The van der Waals surface area contributed by atoms with Gasteiger partial charge in [-0.05, 0) is 116 Å². The van der Waals surface area contributed by atoms with Crippen LogP contribution in [0, 0.1) is 57.2 Å². The van der Waals surface area contributed by atoms with Gasteiger partial charge in [0.15, 0.2) is 11.4 Å². The number of Topliss-reactive ketones (excluding diaryl/α,β-unsaturated/α-hetero) is 1. The zero-order valence-electron chi connectivity index (χ0n) is 27.2. The Morgan fingerprint density at radius 1 is 0.881 bits per heavy atom. The Hall–Kier alpha value is -1.97. The molecule has 0 amide bonds. The Kier molecular flexibility index (Phi) is 5.75. The Labute approximate surface area is 252 Å². The fraction of sp³-hybridized carbons (Fsp3) is 0.737. The second kappa shape index (κ2) is 8.39. The van der Waals surface area contributed by atoms with Crippen molar-refractivity contribution in [3.63, 3.8) is 0 Å². The van der Waals surface area contributed by atoms with Gasteiger partial charge in [-0.15, -0.1) is 0 Å². The summed E-state index contributed by atoms with van der Waals surface area (Å²) in [6.45, 7) is 18.1. The largest absolute Gasteiger partial charge is 0.455 e. The highest BCUT2D eigenvalue weighted by Gasteiger charge is 2.84. The van der Waals surface area contributed by atoms with Gasteiger partial charge in [-0.3, -0.25) is 9.59 Å². The number of halogens is 1. The molecule has 1 aromatic rings. The third-order valence-electron chi connectivity index (χ3n) is 15.1. The van der Waals surface area contributed by atoms with Crippen molar-refractivity contribution < 1.29 is 18.7 Å². The summed E-state index contributed by atoms with van der Waals surface area (Å²) in [5.41, 5.74) is 0.295. The standard InChI is InChI=1S/C38H51FO3/c1-23-11-9-10-12-24(23)19-25-21-34(6)26(33(4,5)30(25)40)13-14-35(7)27(34)20-29(39)38-28-22-32(2,3)15-17-37(28,31(41)42-38)18-16-36(35,38)8/h9-12,19,26-29H,13-18,20-22H2,1-8H3/b25-19+/t26-,27+,28+,29+,34-,35+,36-,37-,38+/m0/s1. The zero-order chi connectivity index (χ0) is 30.3. The Balaban J connectivity index is 1.35. The number of fused-ring (bicyclic) bond motifs is 4. The van der Waals surface area contributed by atoms with Gasteiger partial charge in [0, 0.05) is 16.7 Å². The van der Waals surface area contributed by atoms with E-state index < -0.39 is 28.0 Å². The van der Waals surface area contributed by atoms with Crippen molar-refractivity contribution >= 4 is 17.8 Å². The summed E-state index contributed by atoms with van der Waals surface area (Å²) >= 11 is 0. The van der Waals surface area contributed by atoms with Crippen LogP contribution in [0.1, 0.15) is 117 Å². The number of aryl methyl sites for hydroxylation is 1. The summed E-state index contributed by atoms with van der Waals surface area (Å²) in [6, 6.07) is 8.27. The van der Waals surface area contributed by atoms with Crippen molar-refractivity contribution in [3.05, 3.63) is 41.0 Å². The number of alkyl halides is 1. The Morgan fingerprint density at radius 2 is 1.57 bits per heavy atom. The second-order valence-corrected chi connectivity index (χ2v) is 17.6. The van der Waals surface area contributed by atoms with Crippen LogP contribution in [0.5, 0.6) is 0 Å². The summed E-state index contributed by atoms with van der Waals surface area (Å²) in [7, 11) is 0. The van der Waals surface area contributed by atoms with Gasteiger partial charge in [0.1, 0.15) is 6.17 Å². The molecular weight excluding hydrogens is 523 g/mol. The third kappa shape index (κ3) is 3.18. The van der Waals surface area contributed by atoms with Crippen LogP contribution in [0.2, 0.25) is 0 Å². The minimum atomic E-state index is -1.19. The lowest BCUT2D eigenvalue weighted by Gasteiger charge is -2.74.